The lowest BCUT2D eigenvalue weighted by atomic mass is 10.0. The molecule has 214 valence electrons. The number of aliphatic imine (C=N–C) groups is 1. The fraction of sp³-hybridized carbons (Fsp3) is 0.548. The fourth-order valence-corrected chi connectivity index (χ4v) is 6.70. The van der Waals surface area contributed by atoms with Crippen LogP contribution in [0.5, 0.6) is 11.5 Å². The predicted octanol–water partition coefficient (Wildman–Crippen LogP) is 8.66. The number of hydrogen-bond acceptors (Lipinski definition) is 7. The number of hydrogen-bond donors (Lipinski definition) is 3. The van der Waals surface area contributed by atoms with E-state index in [4.69, 9.17) is 26.4 Å². The Morgan fingerprint density at radius 2 is 1.28 bits per heavy atom. The monoisotopic (exact) mass is 570 g/mol. The maximum absolute atomic E-state index is 8.70. The molecule has 0 spiro atoms. The molecule has 0 aromatic heterocycles. The van der Waals surface area contributed by atoms with E-state index >= 15 is 0 Å². The van der Waals surface area contributed by atoms with Crippen molar-refractivity contribution in [3.8, 4) is 11.5 Å². The van der Waals surface area contributed by atoms with Gasteiger partial charge in [0.25, 0.3) is 0 Å². The highest BCUT2D eigenvalue weighted by Gasteiger charge is 2.34. The second-order valence-electron chi connectivity index (χ2n) is 9.99. The molecular weight excluding hydrogens is 525 g/mol. The van der Waals surface area contributed by atoms with E-state index in [-0.39, 0.29) is 5.84 Å². The minimum atomic E-state index is 0.125. The van der Waals surface area contributed by atoms with Gasteiger partial charge in [-0.3, -0.25) is 5.41 Å². The van der Waals surface area contributed by atoms with Crippen LogP contribution in [0.4, 0.5) is 5.69 Å². The summed E-state index contributed by atoms with van der Waals surface area (Å²) in [4.78, 5) is 7.16. The van der Waals surface area contributed by atoms with Crippen molar-refractivity contribution in [1.29, 1.82) is 5.41 Å². The number of thioether (sulfide) groups is 1. The van der Waals surface area contributed by atoms with Crippen LogP contribution in [0, 0.1) is 5.41 Å². The van der Waals surface area contributed by atoms with Gasteiger partial charge >= 0.3 is 0 Å². The summed E-state index contributed by atoms with van der Waals surface area (Å²) in [6.07, 6.45) is 16.2. The molecule has 0 radical (unpaired) electrons. The lowest BCUT2D eigenvalue weighted by Gasteiger charge is -2.23. The quantitative estimate of drug-likeness (QED) is 0.0886. The van der Waals surface area contributed by atoms with Gasteiger partial charge in [-0.05, 0) is 31.2 Å². The maximum Gasteiger partial charge on any atom is 0.158 e. The fourth-order valence-electron chi connectivity index (χ4n) is 4.71. The summed E-state index contributed by atoms with van der Waals surface area (Å²) >= 11 is 3.17. The normalized spacial score (nSPS) is 12.5. The zero-order valence-electron chi connectivity index (χ0n) is 23.9. The van der Waals surface area contributed by atoms with Gasteiger partial charge in [0.05, 0.1) is 34.1 Å². The molecule has 0 atom stereocenters. The van der Waals surface area contributed by atoms with Crippen LogP contribution in [0.15, 0.2) is 43.9 Å². The number of amidine groups is 2. The zero-order valence-corrected chi connectivity index (χ0v) is 25.6. The lowest BCUT2D eigenvalue weighted by molar-refractivity contribution is 0.283. The van der Waals surface area contributed by atoms with Gasteiger partial charge in [-0.1, -0.05) is 102 Å². The molecule has 0 aliphatic carbocycles. The summed E-state index contributed by atoms with van der Waals surface area (Å²) < 4.78 is 13.0. The highest BCUT2D eigenvalue weighted by molar-refractivity contribution is 8.02. The topological polar surface area (TPSA) is 107 Å². The van der Waals surface area contributed by atoms with E-state index in [1.165, 1.54) is 51.4 Å². The Balaban J connectivity index is 1.93. The molecule has 39 heavy (non-hydrogen) atoms. The number of nitrogens with one attached hydrogen (secondary N) is 1. The van der Waals surface area contributed by atoms with Gasteiger partial charge in [0, 0.05) is 10.6 Å². The van der Waals surface area contributed by atoms with Crippen molar-refractivity contribution in [3.63, 3.8) is 0 Å². The molecule has 2 aromatic carbocycles. The minimum Gasteiger partial charge on any atom is -0.492 e. The SMILES string of the molecule is CCCCCCCCOc1c(Sc2ccccc2N)c(SC)c(OCCCCCCCC)c2c1C(=N)N=C2N. The predicted molar refractivity (Wildman–Crippen MR) is 168 cm³/mol. The van der Waals surface area contributed by atoms with Crippen LogP contribution in [0.1, 0.15) is 102 Å². The minimum absolute atomic E-state index is 0.125. The van der Waals surface area contributed by atoms with E-state index in [1.54, 1.807) is 23.5 Å². The van der Waals surface area contributed by atoms with Gasteiger partial charge in [0.2, 0.25) is 0 Å². The summed E-state index contributed by atoms with van der Waals surface area (Å²) in [6, 6.07) is 7.85. The molecule has 0 unspecified atom stereocenters. The number of nitrogens with zero attached hydrogens (tertiary/aromatic N) is 1. The molecular formula is C31H46N4O2S2. The van der Waals surface area contributed by atoms with Crippen molar-refractivity contribution in [2.24, 2.45) is 10.7 Å². The van der Waals surface area contributed by atoms with E-state index in [2.05, 4.69) is 18.8 Å². The van der Waals surface area contributed by atoms with Crippen molar-refractivity contribution in [2.75, 3.05) is 25.2 Å². The number of benzene rings is 2. The Labute approximate surface area is 243 Å². The summed E-state index contributed by atoms with van der Waals surface area (Å²) in [5.74, 6) is 1.82. The highest BCUT2D eigenvalue weighted by Crippen LogP contribution is 2.52. The van der Waals surface area contributed by atoms with E-state index < -0.39 is 0 Å². The Bertz CT molecular complexity index is 1120. The Morgan fingerprint density at radius 1 is 0.744 bits per heavy atom. The van der Waals surface area contributed by atoms with Gasteiger partial charge in [0.15, 0.2) is 5.84 Å². The van der Waals surface area contributed by atoms with Crippen LogP contribution in [0.3, 0.4) is 0 Å². The molecule has 3 rings (SSSR count). The average Bonchev–Trinajstić information content (AvgIpc) is 3.23. The average molecular weight is 571 g/mol. The van der Waals surface area contributed by atoms with Crippen LogP contribution in [-0.4, -0.2) is 31.1 Å². The molecule has 0 saturated heterocycles. The number of para-hydroxylation sites is 1. The Morgan fingerprint density at radius 3 is 1.85 bits per heavy atom. The highest BCUT2D eigenvalue weighted by atomic mass is 32.2. The number of rotatable bonds is 19. The van der Waals surface area contributed by atoms with Crippen molar-refractivity contribution in [3.05, 3.63) is 35.4 Å². The van der Waals surface area contributed by atoms with E-state index in [0.717, 1.165) is 40.4 Å². The Kier molecular flexibility index (Phi) is 13.4. The molecule has 1 heterocycles. The van der Waals surface area contributed by atoms with Crippen molar-refractivity contribution >= 4 is 40.9 Å². The summed E-state index contributed by atoms with van der Waals surface area (Å²) in [5.41, 5.74) is 14.8. The smallest absolute Gasteiger partial charge is 0.158 e. The molecule has 0 bridgehead atoms. The first-order valence-corrected chi connectivity index (χ1v) is 16.6. The summed E-state index contributed by atoms with van der Waals surface area (Å²) in [5, 5.41) is 8.70. The summed E-state index contributed by atoms with van der Waals surface area (Å²) in [6.45, 7) is 5.64. The molecule has 1 aliphatic heterocycles. The van der Waals surface area contributed by atoms with Gasteiger partial charge in [0.1, 0.15) is 17.3 Å². The first-order valence-electron chi connectivity index (χ1n) is 14.5. The first kappa shape index (κ1) is 31.2. The largest absolute Gasteiger partial charge is 0.492 e. The van der Waals surface area contributed by atoms with Crippen molar-refractivity contribution in [1.82, 2.24) is 0 Å². The second kappa shape index (κ2) is 16.7. The van der Waals surface area contributed by atoms with Crippen LogP contribution in [0.2, 0.25) is 0 Å². The third kappa shape index (κ3) is 8.58. The number of anilines is 1. The van der Waals surface area contributed by atoms with Gasteiger partial charge in [-0.2, -0.15) is 0 Å². The number of ether oxygens (including phenoxy) is 2. The third-order valence-corrected chi connectivity index (χ3v) is 8.98. The molecule has 8 heteroatoms. The zero-order chi connectivity index (χ0) is 28.0. The molecule has 0 amide bonds. The lowest BCUT2D eigenvalue weighted by Crippen LogP contribution is -2.15. The number of unbranched alkanes of at least 4 members (excludes halogenated alkanes) is 10. The number of nitrogens with two attached hydrogens (primary N) is 2. The Hall–Kier alpha value is -2.32. The summed E-state index contributed by atoms with van der Waals surface area (Å²) in [7, 11) is 0. The van der Waals surface area contributed by atoms with Gasteiger partial charge in [-0.15, -0.1) is 11.8 Å². The van der Waals surface area contributed by atoms with E-state index in [9.17, 15) is 0 Å². The molecule has 0 saturated carbocycles. The van der Waals surface area contributed by atoms with Crippen LogP contribution in [0.25, 0.3) is 0 Å². The van der Waals surface area contributed by atoms with Gasteiger partial charge < -0.3 is 20.9 Å². The standard InChI is InChI=1S/C31H46N4O2S2/c1-4-6-8-10-12-16-20-36-26-24-25(31(34)35-30(24)33)27(37-21-17-13-11-9-7-5-2)29(28(26)38-3)39-23-19-15-14-18-22(23)32/h14-15,18-19H,4-13,16-17,20-21,32H2,1-3H3,(H3,33,34,35). The second-order valence-corrected chi connectivity index (χ2v) is 11.9. The first-order chi connectivity index (χ1) is 19.0. The molecule has 1 aliphatic rings. The van der Waals surface area contributed by atoms with E-state index in [0.29, 0.717) is 47.4 Å². The van der Waals surface area contributed by atoms with Crippen LogP contribution < -0.4 is 20.9 Å². The number of fused-ring (bicyclic) bond motifs is 1. The van der Waals surface area contributed by atoms with Crippen LogP contribution in [-0.2, 0) is 0 Å². The molecule has 5 N–H and O–H groups in total. The van der Waals surface area contributed by atoms with Crippen molar-refractivity contribution < 1.29 is 9.47 Å². The molecule has 6 nitrogen and oxygen atoms in total. The van der Waals surface area contributed by atoms with E-state index in [1.807, 2.05) is 30.5 Å². The van der Waals surface area contributed by atoms with Crippen molar-refractivity contribution in [2.45, 2.75) is 106 Å². The maximum atomic E-state index is 8.70. The third-order valence-electron chi connectivity index (χ3n) is 6.87. The van der Waals surface area contributed by atoms with Crippen LogP contribution >= 0.6 is 23.5 Å². The number of nitrogen functional groups attached to an aromatic ring is 1. The molecule has 0 fully saturated rings. The molecule has 2 aromatic rings. The van der Waals surface area contributed by atoms with Gasteiger partial charge in [-0.25, -0.2) is 4.99 Å².